The summed E-state index contributed by atoms with van der Waals surface area (Å²) in [4.78, 5) is 0.319. The molecule has 0 unspecified atom stereocenters. The molecule has 66 valence electrons. The summed E-state index contributed by atoms with van der Waals surface area (Å²) in [6.07, 6.45) is 0. The summed E-state index contributed by atoms with van der Waals surface area (Å²) in [6.45, 7) is 1.48. The maximum absolute atomic E-state index is 8.81. The van der Waals surface area contributed by atoms with Crippen LogP contribution in [0.1, 0.15) is 0 Å². The van der Waals surface area contributed by atoms with E-state index < -0.39 is 0 Å². The zero-order valence-corrected chi connectivity index (χ0v) is 6.22. The number of hydrazine groups is 1. The third-order valence-electron chi connectivity index (χ3n) is 1.11. The maximum Gasteiger partial charge on any atom is 0.271 e. The van der Waals surface area contributed by atoms with E-state index in [0.717, 1.165) is 0 Å². The standard InChI is InChI=1S/C4H13N5O2/c5-1-3-8(4-2-6)9(11)7-10/h11H,1-6H2/p+1. The third kappa shape index (κ3) is 3.58. The van der Waals surface area contributed by atoms with E-state index in [1.54, 1.807) is 0 Å². The minimum absolute atomic E-state index is 0.319. The lowest BCUT2D eigenvalue weighted by Gasteiger charge is -2.08. The monoisotopic (exact) mass is 164 g/mol. The molecule has 0 fully saturated rings. The fraction of sp³-hybridized carbons (Fsp3) is 1.00. The Morgan fingerprint density at radius 3 is 2.00 bits per heavy atom. The number of hydrogen-bond acceptors (Lipinski definition) is 3. The van der Waals surface area contributed by atoms with Gasteiger partial charge in [0.1, 0.15) is 0 Å². The van der Waals surface area contributed by atoms with Gasteiger partial charge in [0.25, 0.3) is 10.2 Å². The summed E-state index contributed by atoms with van der Waals surface area (Å²) >= 11 is 0. The first-order valence-corrected chi connectivity index (χ1v) is 3.25. The van der Waals surface area contributed by atoms with Crippen LogP contribution in [0.2, 0.25) is 0 Å². The summed E-state index contributed by atoms with van der Waals surface area (Å²) < 4.78 is 0. The number of nitrogens with two attached hydrogens (primary N) is 2. The predicted octanol–water partition coefficient (Wildman–Crippen LogP) is -1.64. The van der Waals surface area contributed by atoms with Crippen molar-refractivity contribution >= 4 is 0 Å². The lowest BCUT2D eigenvalue weighted by Crippen LogP contribution is -2.39. The molecule has 0 atom stereocenters. The second kappa shape index (κ2) is 5.69. The van der Waals surface area contributed by atoms with Crippen molar-refractivity contribution in [3.05, 3.63) is 0 Å². The van der Waals surface area contributed by atoms with Crippen molar-refractivity contribution in [1.82, 2.24) is 5.01 Å². The Kier molecular flexibility index (Phi) is 5.13. The van der Waals surface area contributed by atoms with E-state index in [1.165, 1.54) is 5.01 Å². The van der Waals surface area contributed by atoms with E-state index in [2.05, 4.69) is 5.28 Å². The average Bonchev–Trinajstić information content (AvgIpc) is 2.03. The fourth-order valence-corrected chi connectivity index (χ4v) is 0.645. The molecule has 6 N–H and O–H groups in total. The molecule has 0 radical (unpaired) electrons. The van der Waals surface area contributed by atoms with Gasteiger partial charge in [-0.3, -0.25) is 0 Å². The highest BCUT2D eigenvalue weighted by molar-refractivity contribution is 4.44. The normalized spacial score (nSPS) is 11.6. The molecule has 7 heteroatoms. The van der Waals surface area contributed by atoms with Gasteiger partial charge in [-0.2, -0.15) is 0 Å². The van der Waals surface area contributed by atoms with E-state index in [4.69, 9.17) is 21.9 Å². The van der Waals surface area contributed by atoms with Gasteiger partial charge in [-0.25, -0.2) is 5.21 Å². The lowest BCUT2D eigenvalue weighted by molar-refractivity contribution is -0.940. The Bertz CT molecular complexity index is 122. The van der Waals surface area contributed by atoms with Gasteiger partial charge in [0.2, 0.25) is 0 Å². The molecular weight excluding hydrogens is 150 g/mol. The zero-order chi connectivity index (χ0) is 8.69. The SMILES string of the molecule is NCCN(CCN)[N+](O)=NO. The van der Waals surface area contributed by atoms with Crippen molar-refractivity contribution in [1.29, 1.82) is 0 Å². The van der Waals surface area contributed by atoms with Crippen molar-refractivity contribution in [3.8, 4) is 0 Å². The molecule has 0 aromatic carbocycles. The van der Waals surface area contributed by atoms with E-state index in [1.807, 2.05) is 0 Å². The maximum atomic E-state index is 8.81. The summed E-state index contributed by atoms with van der Waals surface area (Å²) in [5.74, 6) is 0. The molecule has 0 bridgehead atoms. The van der Waals surface area contributed by atoms with Gasteiger partial charge in [0, 0.05) is 13.1 Å². The van der Waals surface area contributed by atoms with Crippen LogP contribution >= 0.6 is 0 Å². The summed E-state index contributed by atoms with van der Waals surface area (Å²) in [6, 6.07) is 0. The van der Waals surface area contributed by atoms with Gasteiger partial charge in [-0.05, 0) is 0 Å². The van der Waals surface area contributed by atoms with Crippen LogP contribution in [-0.2, 0) is 0 Å². The fourth-order valence-electron chi connectivity index (χ4n) is 0.645. The largest absolute Gasteiger partial charge is 0.357 e. The van der Waals surface area contributed by atoms with Gasteiger partial charge < -0.3 is 16.7 Å². The molecule has 0 rings (SSSR count). The van der Waals surface area contributed by atoms with Crippen molar-refractivity contribution < 1.29 is 15.4 Å². The lowest BCUT2D eigenvalue weighted by atomic mass is 10.5. The first-order valence-electron chi connectivity index (χ1n) is 3.25. The van der Waals surface area contributed by atoms with Crippen molar-refractivity contribution in [3.63, 3.8) is 0 Å². The quantitative estimate of drug-likeness (QED) is 0.221. The van der Waals surface area contributed by atoms with Crippen LogP contribution in [0.3, 0.4) is 0 Å². The van der Waals surface area contributed by atoms with Crippen molar-refractivity contribution in [2.45, 2.75) is 0 Å². The molecule has 0 amide bonds. The highest BCUT2D eigenvalue weighted by Crippen LogP contribution is 1.84. The highest BCUT2D eigenvalue weighted by Gasteiger charge is 2.15. The minimum Gasteiger partial charge on any atom is -0.357 e. The molecule has 0 spiro atoms. The number of rotatable bonds is 5. The van der Waals surface area contributed by atoms with Crippen LogP contribution in [0.5, 0.6) is 0 Å². The Labute approximate surface area is 64.4 Å². The molecule has 0 aromatic heterocycles. The second-order valence-corrected chi connectivity index (χ2v) is 1.89. The first kappa shape index (κ1) is 9.92. The molecular formula is C4H14N5O2+. The van der Waals surface area contributed by atoms with Crippen LogP contribution in [0.4, 0.5) is 0 Å². The van der Waals surface area contributed by atoms with Crippen molar-refractivity contribution in [2.75, 3.05) is 26.2 Å². The molecule has 0 heterocycles. The highest BCUT2D eigenvalue weighted by atomic mass is 16.6. The summed E-state index contributed by atoms with van der Waals surface area (Å²) in [5, 5.41) is 20.8. The molecule has 7 nitrogen and oxygen atoms in total. The predicted molar refractivity (Wildman–Crippen MR) is 35.9 cm³/mol. The smallest absolute Gasteiger partial charge is 0.271 e. The van der Waals surface area contributed by atoms with Crippen LogP contribution in [0, 0.1) is 0 Å². The Morgan fingerprint density at radius 2 is 1.73 bits per heavy atom. The van der Waals surface area contributed by atoms with Gasteiger partial charge in [0.15, 0.2) is 0 Å². The van der Waals surface area contributed by atoms with E-state index in [0.29, 0.717) is 31.1 Å². The molecule has 0 aliphatic carbocycles. The van der Waals surface area contributed by atoms with E-state index >= 15 is 0 Å². The molecule has 0 saturated carbocycles. The average molecular weight is 164 g/mol. The zero-order valence-electron chi connectivity index (χ0n) is 6.22. The molecule has 0 saturated heterocycles. The second-order valence-electron chi connectivity index (χ2n) is 1.89. The first-order chi connectivity index (χ1) is 5.26. The molecule has 0 aromatic rings. The van der Waals surface area contributed by atoms with Crippen molar-refractivity contribution in [2.24, 2.45) is 16.7 Å². The van der Waals surface area contributed by atoms with E-state index in [9.17, 15) is 0 Å². The van der Waals surface area contributed by atoms with Gasteiger partial charge in [-0.15, -0.1) is 5.01 Å². The molecule has 0 aliphatic rings. The van der Waals surface area contributed by atoms with Gasteiger partial charge in [-0.1, -0.05) is 0 Å². The topological polar surface area (TPSA) is 111 Å². The Morgan fingerprint density at radius 1 is 1.27 bits per heavy atom. The number of hydrogen-bond donors (Lipinski definition) is 4. The van der Waals surface area contributed by atoms with Gasteiger partial charge in [0.05, 0.1) is 13.1 Å². The summed E-state index contributed by atoms with van der Waals surface area (Å²) in [7, 11) is 0. The van der Waals surface area contributed by atoms with Crippen LogP contribution in [0.15, 0.2) is 5.28 Å². The van der Waals surface area contributed by atoms with Crippen LogP contribution < -0.4 is 11.5 Å². The van der Waals surface area contributed by atoms with Crippen LogP contribution in [0.25, 0.3) is 0 Å². The van der Waals surface area contributed by atoms with Crippen LogP contribution in [-0.4, -0.2) is 46.6 Å². The molecule has 11 heavy (non-hydrogen) atoms. The van der Waals surface area contributed by atoms with E-state index in [-0.39, 0.29) is 0 Å². The Balaban J connectivity index is 3.87. The molecule has 0 aliphatic heterocycles. The summed E-state index contributed by atoms with van der Waals surface area (Å²) in [5.41, 5.74) is 10.4. The minimum atomic E-state index is 0.319. The van der Waals surface area contributed by atoms with Gasteiger partial charge >= 0.3 is 0 Å². The Hall–Kier alpha value is -1.08. The number of nitrogens with zero attached hydrogens (tertiary/aromatic N) is 3. The third-order valence-corrected chi connectivity index (χ3v) is 1.11.